The zero-order chi connectivity index (χ0) is 21.5. The quantitative estimate of drug-likeness (QED) is 0.578. The summed E-state index contributed by atoms with van der Waals surface area (Å²) in [7, 11) is 0. The van der Waals surface area contributed by atoms with E-state index in [9.17, 15) is 19.2 Å². The summed E-state index contributed by atoms with van der Waals surface area (Å²) in [6, 6.07) is 4.17. The second-order valence-corrected chi connectivity index (χ2v) is 8.59. The first-order valence-corrected chi connectivity index (χ1v) is 10.2. The number of hydrogen-bond donors (Lipinski definition) is 3. The Labute approximate surface area is 174 Å². The smallest absolute Gasteiger partial charge is 0.262 e. The van der Waals surface area contributed by atoms with Gasteiger partial charge in [0, 0.05) is 32.6 Å². The summed E-state index contributed by atoms with van der Waals surface area (Å²) in [4.78, 5) is 50.1. The fourth-order valence-corrected chi connectivity index (χ4v) is 4.19. The fourth-order valence-electron chi connectivity index (χ4n) is 4.19. The van der Waals surface area contributed by atoms with Crippen LogP contribution in [0.25, 0.3) is 0 Å². The van der Waals surface area contributed by atoms with E-state index >= 15 is 0 Å². The van der Waals surface area contributed by atoms with Crippen molar-refractivity contribution in [2.24, 2.45) is 0 Å². The number of hydrogen-bond acceptors (Lipinski definition) is 7. The molecule has 1 aromatic carbocycles. The highest BCUT2D eigenvalue weighted by atomic mass is 16.5. The molecule has 3 N–H and O–H groups in total. The number of rotatable bonds is 5. The predicted octanol–water partition coefficient (Wildman–Crippen LogP) is -0.0556. The first kappa shape index (κ1) is 20.6. The molecule has 2 atom stereocenters. The molecule has 4 amide bonds. The fraction of sp³-hybridized carbons (Fsp3) is 0.524. The maximum atomic E-state index is 12.9. The number of nitrogens with zero attached hydrogens (tertiary/aromatic N) is 1. The Morgan fingerprint density at radius 3 is 2.67 bits per heavy atom. The molecule has 0 bridgehead atoms. The standard InChI is InChI=1S/C21H26N4O5/c1-21(2)11-23-10-13(30-21)9-22-8-12-3-4-14-15(7-12)20(29)25(19(14)28)16-5-6-17(26)24-18(16)27/h3-4,7,13,16,22-23H,5-6,8-11H2,1-2H3,(H,24,26,27)/t13-,16?/m1/s1. The van der Waals surface area contributed by atoms with Crippen LogP contribution in [0, 0.1) is 0 Å². The van der Waals surface area contributed by atoms with Crippen LogP contribution in [-0.4, -0.2) is 65.9 Å². The molecular weight excluding hydrogens is 388 g/mol. The number of piperidine rings is 1. The Balaban J connectivity index is 1.41. The van der Waals surface area contributed by atoms with Crippen LogP contribution in [0.3, 0.4) is 0 Å². The van der Waals surface area contributed by atoms with Gasteiger partial charge in [0.2, 0.25) is 11.8 Å². The summed E-state index contributed by atoms with van der Waals surface area (Å²) in [5, 5.41) is 8.89. The van der Waals surface area contributed by atoms with Crippen LogP contribution in [0.1, 0.15) is 53.0 Å². The van der Waals surface area contributed by atoms with Crippen molar-refractivity contribution in [1.29, 1.82) is 0 Å². The number of morpholine rings is 1. The molecule has 1 unspecified atom stereocenters. The molecule has 1 aromatic rings. The molecular formula is C21H26N4O5. The highest BCUT2D eigenvalue weighted by Crippen LogP contribution is 2.28. The number of carbonyl (C=O) groups is 4. The van der Waals surface area contributed by atoms with Crippen LogP contribution in [0.4, 0.5) is 0 Å². The van der Waals surface area contributed by atoms with Crippen LogP contribution in [0.2, 0.25) is 0 Å². The molecule has 3 aliphatic heterocycles. The number of benzene rings is 1. The molecule has 0 radical (unpaired) electrons. The van der Waals surface area contributed by atoms with E-state index in [4.69, 9.17) is 4.74 Å². The van der Waals surface area contributed by atoms with Gasteiger partial charge in [0.05, 0.1) is 22.8 Å². The molecule has 30 heavy (non-hydrogen) atoms. The van der Waals surface area contributed by atoms with E-state index in [1.807, 2.05) is 13.8 Å². The molecule has 4 rings (SSSR count). The Kier molecular flexibility index (Phi) is 5.44. The van der Waals surface area contributed by atoms with Crippen LogP contribution in [0.15, 0.2) is 18.2 Å². The van der Waals surface area contributed by atoms with Gasteiger partial charge in [-0.2, -0.15) is 0 Å². The highest BCUT2D eigenvalue weighted by Gasteiger charge is 2.44. The van der Waals surface area contributed by atoms with E-state index in [0.29, 0.717) is 18.7 Å². The van der Waals surface area contributed by atoms with Gasteiger partial charge in [0.1, 0.15) is 6.04 Å². The Morgan fingerprint density at radius 2 is 1.93 bits per heavy atom. The molecule has 9 nitrogen and oxygen atoms in total. The van der Waals surface area contributed by atoms with E-state index in [1.165, 1.54) is 0 Å². The lowest BCUT2D eigenvalue weighted by Crippen LogP contribution is -2.54. The number of carbonyl (C=O) groups excluding carboxylic acids is 4. The van der Waals surface area contributed by atoms with Crippen LogP contribution < -0.4 is 16.0 Å². The third-order valence-electron chi connectivity index (χ3n) is 5.61. The maximum absolute atomic E-state index is 12.9. The average Bonchev–Trinajstić information content (AvgIpc) is 2.92. The van der Waals surface area contributed by atoms with Gasteiger partial charge in [-0.15, -0.1) is 0 Å². The summed E-state index contributed by atoms with van der Waals surface area (Å²) in [6.45, 7) is 6.85. The zero-order valence-corrected chi connectivity index (χ0v) is 17.1. The number of imide groups is 2. The summed E-state index contributed by atoms with van der Waals surface area (Å²) >= 11 is 0. The normalized spacial score (nSPS) is 26.0. The number of ether oxygens (including phenoxy) is 1. The molecule has 2 fully saturated rings. The molecule has 0 aromatic heterocycles. The molecule has 0 saturated carbocycles. The third kappa shape index (κ3) is 4.00. The van der Waals surface area contributed by atoms with E-state index in [-0.39, 0.29) is 36.0 Å². The van der Waals surface area contributed by atoms with Crippen molar-refractivity contribution in [2.75, 3.05) is 19.6 Å². The summed E-state index contributed by atoms with van der Waals surface area (Å²) in [5.41, 5.74) is 1.24. The largest absolute Gasteiger partial charge is 0.368 e. The van der Waals surface area contributed by atoms with E-state index in [0.717, 1.165) is 23.6 Å². The molecule has 3 heterocycles. The number of fused-ring (bicyclic) bond motifs is 1. The van der Waals surface area contributed by atoms with Gasteiger partial charge in [-0.05, 0) is 38.0 Å². The Bertz CT molecular complexity index is 913. The summed E-state index contributed by atoms with van der Waals surface area (Å²) in [5.74, 6) is -1.98. The molecule has 3 aliphatic rings. The van der Waals surface area contributed by atoms with Crippen molar-refractivity contribution in [2.45, 2.75) is 51.0 Å². The monoisotopic (exact) mass is 414 g/mol. The molecule has 2 saturated heterocycles. The van der Waals surface area contributed by atoms with Crippen molar-refractivity contribution in [1.82, 2.24) is 20.9 Å². The minimum atomic E-state index is -0.948. The lowest BCUT2D eigenvalue weighted by atomic mass is 10.0. The first-order chi connectivity index (χ1) is 14.2. The first-order valence-electron chi connectivity index (χ1n) is 10.2. The van der Waals surface area contributed by atoms with Crippen LogP contribution in [0.5, 0.6) is 0 Å². The zero-order valence-electron chi connectivity index (χ0n) is 17.1. The van der Waals surface area contributed by atoms with E-state index < -0.39 is 23.8 Å². The Hall–Kier alpha value is -2.62. The van der Waals surface area contributed by atoms with Crippen LogP contribution >= 0.6 is 0 Å². The number of nitrogens with one attached hydrogen (secondary N) is 3. The lowest BCUT2D eigenvalue weighted by Gasteiger charge is -2.36. The second kappa shape index (κ2) is 7.90. The summed E-state index contributed by atoms with van der Waals surface area (Å²) < 4.78 is 6.02. The molecule has 160 valence electrons. The van der Waals surface area contributed by atoms with Crippen molar-refractivity contribution in [3.63, 3.8) is 0 Å². The van der Waals surface area contributed by atoms with Crippen LogP contribution in [-0.2, 0) is 20.9 Å². The third-order valence-corrected chi connectivity index (χ3v) is 5.61. The van der Waals surface area contributed by atoms with Crippen molar-refractivity contribution < 1.29 is 23.9 Å². The van der Waals surface area contributed by atoms with Gasteiger partial charge in [-0.25, -0.2) is 0 Å². The highest BCUT2D eigenvalue weighted by molar-refractivity contribution is 6.23. The van der Waals surface area contributed by atoms with Gasteiger partial charge in [-0.3, -0.25) is 29.4 Å². The van der Waals surface area contributed by atoms with Gasteiger partial charge in [-0.1, -0.05) is 6.07 Å². The minimum Gasteiger partial charge on any atom is -0.368 e. The maximum Gasteiger partial charge on any atom is 0.262 e. The second-order valence-electron chi connectivity index (χ2n) is 8.59. The van der Waals surface area contributed by atoms with Crippen molar-refractivity contribution in [3.8, 4) is 0 Å². The van der Waals surface area contributed by atoms with Crippen molar-refractivity contribution in [3.05, 3.63) is 34.9 Å². The topological polar surface area (TPSA) is 117 Å². The van der Waals surface area contributed by atoms with E-state index in [2.05, 4.69) is 16.0 Å². The van der Waals surface area contributed by atoms with Gasteiger partial charge >= 0.3 is 0 Å². The van der Waals surface area contributed by atoms with Crippen molar-refractivity contribution >= 4 is 23.6 Å². The average molecular weight is 414 g/mol. The van der Waals surface area contributed by atoms with E-state index in [1.54, 1.807) is 18.2 Å². The Morgan fingerprint density at radius 1 is 1.17 bits per heavy atom. The number of amides is 4. The molecule has 0 spiro atoms. The lowest BCUT2D eigenvalue weighted by molar-refractivity contribution is -0.136. The summed E-state index contributed by atoms with van der Waals surface area (Å²) in [6.07, 6.45) is 0.305. The SMILES string of the molecule is CC1(C)CNC[C@@H](CNCc2ccc3c(c2)C(=O)N(C2CCC(=O)NC2=O)C3=O)O1. The van der Waals surface area contributed by atoms with Gasteiger partial charge in [0.25, 0.3) is 11.8 Å². The predicted molar refractivity (Wildman–Crippen MR) is 107 cm³/mol. The molecule has 9 heteroatoms. The van der Waals surface area contributed by atoms with Gasteiger partial charge in [0.15, 0.2) is 0 Å². The molecule has 0 aliphatic carbocycles. The van der Waals surface area contributed by atoms with Gasteiger partial charge < -0.3 is 15.4 Å². The minimum absolute atomic E-state index is 0.0504.